The Morgan fingerprint density at radius 3 is 1.55 bits per heavy atom. The summed E-state index contributed by atoms with van der Waals surface area (Å²) in [7, 11) is 0. The van der Waals surface area contributed by atoms with Gasteiger partial charge in [0.2, 0.25) is 5.95 Å². The number of benzene rings is 9. The Morgan fingerprint density at radius 1 is 0.344 bits per heavy atom. The third-order valence-corrected chi connectivity index (χ3v) is 12.2. The fraction of sp³-hybridized carbons (Fsp3) is 0. The molecule has 0 atom stereocenters. The zero-order valence-corrected chi connectivity index (χ0v) is 34.5. The third kappa shape index (κ3) is 6.14. The summed E-state index contributed by atoms with van der Waals surface area (Å²) in [6.07, 6.45) is 0. The van der Waals surface area contributed by atoms with Gasteiger partial charge in [0.25, 0.3) is 0 Å². The Hall–Kier alpha value is -8.92. The molecule has 0 unspecified atom stereocenters. The first kappa shape index (κ1) is 36.9. The van der Waals surface area contributed by atoms with Crippen molar-refractivity contribution >= 4 is 43.6 Å². The lowest BCUT2D eigenvalue weighted by Gasteiger charge is -2.17. The van der Waals surface area contributed by atoms with E-state index in [9.17, 15) is 5.26 Å². The van der Waals surface area contributed by atoms with Gasteiger partial charge in [-0.1, -0.05) is 164 Å². The Balaban J connectivity index is 1.15. The summed E-state index contributed by atoms with van der Waals surface area (Å²) in [6.45, 7) is 0. The number of hydrogen-bond donors (Lipinski definition) is 0. The first-order valence-corrected chi connectivity index (χ1v) is 21.3. The second-order valence-electron chi connectivity index (χ2n) is 15.9. The van der Waals surface area contributed by atoms with Gasteiger partial charge in [-0.15, -0.1) is 0 Å². The number of fused-ring (bicyclic) bond motifs is 6. The van der Waals surface area contributed by atoms with E-state index in [0.717, 1.165) is 83.0 Å². The molecule has 0 radical (unpaired) electrons. The number of hydrogen-bond acceptors (Lipinski definition) is 4. The van der Waals surface area contributed by atoms with Crippen molar-refractivity contribution in [3.63, 3.8) is 0 Å². The summed E-state index contributed by atoms with van der Waals surface area (Å²) in [4.78, 5) is 15.9. The molecule has 0 aliphatic heterocycles. The zero-order valence-electron chi connectivity index (χ0n) is 34.5. The van der Waals surface area contributed by atoms with Crippen LogP contribution in [0.1, 0.15) is 5.56 Å². The molecular formula is C58H36N6. The van der Waals surface area contributed by atoms with Crippen molar-refractivity contribution in [3.8, 4) is 73.9 Å². The van der Waals surface area contributed by atoms with Crippen LogP contribution in [0.5, 0.6) is 0 Å². The van der Waals surface area contributed by atoms with Gasteiger partial charge >= 0.3 is 0 Å². The molecule has 64 heavy (non-hydrogen) atoms. The molecule has 0 bridgehead atoms. The lowest BCUT2D eigenvalue weighted by atomic mass is 9.96. The molecule has 0 aliphatic rings. The van der Waals surface area contributed by atoms with Gasteiger partial charge in [-0.2, -0.15) is 15.2 Å². The van der Waals surface area contributed by atoms with Crippen molar-refractivity contribution in [1.82, 2.24) is 24.1 Å². The maximum atomic E-state index is 9.98. The molecule has 0 saturated carbocycles. The van der Waals surface area contributed by atoms with Gasteiger partial charge in [-0.3, -0.25) is 4.57 Å². The van der Waals surface area contributed by atoms with Gasteiger partial charge < -0.3 is 4.57 Å². The third-order valence-electron chi connectivity index (χ3n) is 12.2. The van der Waals surface area contributed by atoms with Crippen LogP contribution in [0, 0.1) is 11.3 Å². The van der Waals surface area contributed by atoms with E-state index in [1.807, 2.05) is 30.3 Å². The zero-order chi connectivity index (χ0) is 42.6. The molecule has 0 spiro atoms. The molecule has 0 N–H and O–H groups in total. The predicted octanol–water partition coefficient (Wildman–Crippen LogP) is 14.3. The topological polar surface area (TPSA) is 72.3 Å². The molecule has 12 aromatic rings. The SMILES string of the molecule is N#Cc1cccc(-c2nc(-c3ccc(-n4c5ccccc5c5ccccc54)c(-c4cccc(-c5ccccc5)c4)c3)nc(-n3c4ccccc4c4cccc(-c5ccccc5)c43)n2)c1. The fourth-order valence-electron chi connectivity index (χ4n) is 9.31. The Morgan fingerprint density at radius 2 is 0.859 bits per heavy atom. The molecule has 9 aromatic carbocycles. The fourth-order valence-corrected chi connectivity index (χ4v) is 9.31. The molecule has 3 aromatic heterocycles. The second-order valence-corrected chi connectivity index (χ2v) is 15.9. The molecule has 0 amide bonds. The van der Waals surface area contributed by atoms with Gasteiger partial charge in [-0.05, 0) is 76.9 Å². The molecule has 12 rings (SSSR count). The van der Waals surface area contributed by atoms with Crippen LogP contribution in [-0.4, -0.2) is 24.1 Å². The minimum Gasteiger partial charge on any atom is -0.309 e. The average Bonchev–Trinajstić information content (AvgIpc) is 3.90. The summed E-state index contributed by atoms with van der Waals surface area (Å²) >= 11 is 0. The van der Waals surface area contributed by atoms with Crippen molar-refractivity contribution in [2.24, 2.45) is 0 Å². The predicted molar refractivity (Wildman–Crippen MR) is 260 cm³/mol. The molecule has 0 fully saturated rings. The number of nitrogens with zero attached hydrogens (tertiary/aromatic N) is 6. The van der Waals surface area contributed by atoms with E-state index in [0.29, 0.717) is 23.2 Å². The van der Waals surface area contributed by atoms with E-state index < -0.39 is 0 Å². The van der Waals surface area contributed by atoms with Crippen LogP contribution in [0.25, 0.3) is 111 Å². The van der Waals surface area contributed by atoms with Crippen molar-refractivity contribution in [3.05, 3.63) is 224 Å². The van der Waals surface area contributed by atoms with Crippen molar-refractivity contribution < 1.29 is 0 Å². The van der Waals surface area contributed by atoms with Crippen LogP contribution >= 0.6 is 0 Å². The highest BCUT2D eigenvalue weighted by Crippen LogP contribution is 2.41. The smallest absolute Gasteiger partial charge is 0.238 e. The number of para-hydroxylation sites is 4. The molecule has 3 heterocycles. The quantitative estimate of drug-likeness (QED) is 0.161. The lowest BCUT2D eigenvalue weighted by molar-refractivity contribution is 0.953. The maximum absolute atomic E-state index is 9.98. The van der Waals surface area contributed by atoms with Crippen LogP contribution < -0.4 is 0 Å². The lowest BCUT2D eigenvalue weighted by Crippen LogP contribution is -2.07. The standard InChI is InChI=1S/C58H36N6/c59-37-38-16-13-23-43(34-38)56-60-57(62-58(61-56)64-53-31-12-9-26-48(53)49-28-15-27-45(55(49)64)40-19-5-2-6-20-40)44-32-33-54(63-51-29-10-7-24-46(51)47-25-8-11-30-52(47)63)50(36-44)42-22-14-21-41(35-42)39-17-3-1-4-18-39/h1-36H. The van der Waals surface area contributed by atoms with Gasteiger partial charge in [0.1, 0.15) is 0 Å². The maximum Gasteiger partial charge on any atom is 0.238 e. The van der Waals surface area contributed by atoms with E-state index in [-0.39, 0.29) is 0 Å². The summed E-state index contributed by atoms with van der Waals surface area (Å²) in [5.41, 5.74) is 13.9. The van der Waals surface area contributed by atoms with Gasteiger partial charge in [0.05, 0.1) is 39.4 Å². The van der Waals surface area contributed by atoms with E-state index in [2.05, 4.69) is 197 Å². The molecule has 0 saturated heterocycles. The Labute approximate surface area is 369 Å². The molecule has 298 valence electrons. The van der Waals surface area contributed by atoms with Crippen LogP contribution in [0.2, 0.25) is 0 Å². The number of nitriles is 1. The number of rotatable bonds is 7. The molecule has 6 heteroatoms. The second kappa shape index (κ2) is 15.2. The van der Waals surface area contributed by atoms with Gasteiger partial charge in [0.15, 0.2) is 11.6 Å². The van der Waals surface area contributed by atoms with Gasteiger partial charge in [0, 0.05) is 43.8 Å². The first-order valence-electron chi connectivity index (χ1n) is 21.3. The van der Waals surface area contributed by atoms with Crippen LogP contribution in [0.4, 0.5) is 0 Å². The van der Waals surface area contributed by atoms with Crippen LogP contribution in [0.3, 0.4) is 0 Å². The Kier molecular flexibility index (Phi) is 8.77. The molecule has 0 aliphatic carbocycles. The first-order chi connectivity index (χ1) is 31.7. The van der Waals surface area contributed by atoms with E-state index in [1.54, 1.807) is 6.07 Å². The van der Waals surface area contributed by atoms with E-state index >= 15 is 0 Å². The highest BCUT2D eigenvalue weighted by Gasteiger charge is 2.22. The van der Waals surface area contributed by atoms with E-state index in [1.165, 1.54) is 10.8 Å². The summed E-state index contributed by atoms with van der Waals surface area (Å²) in [5, 5.41) is 14.6. The molecule has 6 nitrogen and oxygen atoms in total. The van der Waals surface area contributed by atoms with E-state index in [4.69, 9.17) is 15.0 Å². The van der Waals surface area contributed by atoms with Crippen molar-refractivity contribution in [2.45, 2.75) is 0 Å². The van der Waals surface area contributed by atoms with Crippen molar-refractivity contribution in [1.29, 1.82) is 5.26 Å². The largest absolute Gasteiger partial charge is 0.309 e. The molecular weight excluding hydrogens is 781 g/mol. The van der Waals surface area contributed by atoms with Gasteiger partial charge in [-0.25, -0.2) is 4.98 Å². The monoisotopic (exact) mass is 816 g/mol. The summed E-state index contributed by atoms with van der Waals surface area (Å²) in [5.74, 6) is 1.47. The van der Waals surface area contributed by atoms with Crippen LogP contribution in [0.15, 0.2) is 218 Å². The normalized spacial score (nSPS) is 11.4. The Bertz CT molecular complexity index is 3750. The van der Waals surface area contributed by atoms with Crippen LogP contribution in [-0.2, 0) is 0 Å². The minimum atomic E-state index is 0.472. The number of aromatic nitrogens is 5. The summed E-state index contributed by atoms with van der Waals surface area (Å²) in [6, 6.07) is 78.1. The van der Waals surface area contributed by atoms with Crippen molar-refractivity contribution in [2.75, 3.05) is 0 Å². The highest BCUT2D eigenvalue weighted by molar-refractivity contribution is 6.14. The summed E-state index contributed by atoms with van der Waals surface area (Å²) < 4.78 is 4.55. The minimum absolute atomic E-state index is 0.472. The average molecular weight is 817 g/mol. The highest BCUT2D eigenvalue weighted by atomic mass is 15.2.